The number of urea groups is 1. The summed E-state index contributed by atoms with van der Waals surface area (Å²) in [5.74, 6) is -0.955. The Morgan fingerprint density at radius 1 is 1.14 bits per heavy atom. The van der Waals surface area contributed by atoms with Crippen LogP contribution >= 0.6 is 0 Å². The molecule has 1 aliphatic carbocycles. The second-order valence-corrected chi connectivity index (χ2v) is 6.06. The number of aliphatic carboxylic acids is 1. The molecule has 2 aliphatic rings. The van der Waals surface area contributed by atoms with Crippen molar-refractivity contribution in [2.75, 3.05) is 13.1 Å². The summed E-state index contributed by atoms with van der Waals surface area (Å²) in [6.07, 6.45) is 7.11. The zero-order valence-corrected chi connectivity index (χ0v) is 12.8. The number of carboxylic acids is 1. The van der Waals surface area contributed by atoms with Crippen LogP contribution in [0.4, 0.5) is 4.79 Å². The van der Waals surface area contributed by atoms with Crippen molar-refractivity contribution < 1.29 is 19.5 Å². The summed E-state index contributed by atoms with van der Waals surface area (Å²) in [4.78, 5) is 36.6. The van der Waals surface area contributed by atoms with E-state index in [4.69, 9.17) is 5.11 Å². The predicted molar refractivity (Wildman–Crippen MR) is 80.4 cm³/mol. The number of piperidine rings is 1. The first-order valence-corrected chi connectivity index (χ1v) is 8.14. The lowest BCUT2D eigenvalue weighted by Gasteiger charge is -2.39. The highest BCUT2D eigenvalue weighted by Gasteiger charge is 2.34. The van der Waals surface area contributed by atoms with Crippen molar-refractivity contribution in [1.29, 1.82) is 0 Å². The number of hydrogen-bond acceptors (Lipinski definition) is 3. The summed E-state index contributed by atoms with van der Waals surface area (Å²) < 4.78 is 0. The molecule has 1 unspecified atom stereocenters. The molecular weight excluding hydrogens is 286 g/mol. The molecule has 7 nitrogen and oxygen atoms in total. The lowest BCUT2D eigenvalue weighted by atomic mass is 9.92. The summed E-state index contributed by atoms with van der Waals surface area (Å²) in [6.45, 7) is 0.844. The van der Waals surface area contributed by atoms with Crippen molar-refractivity contribution in [1.82, 2.24) is 15.5 Å². The Balaban J connectivity index is 1.81. The summed E-state index contributed by atoms with van der Waals surface area (Å²) in [5, 5.41) is 13.7. The lowest BCUT2D eigenvalue weighted by Crippen LogP contribution is -2.57. The van der Waals surface area contributed by atoms with Gasteiger partial charge < -0.3 is 20.6 Å². The highest BCUT2D eigenvalue weighted by atomic mass is 16.4. The van der Waals surface area contributed by atoms with Gasteiger partial charge in [-0.2, -0.15) is 0 Å². The summed E-state index contributed by atoms with van der Waals surface area (Å²) in [6, 6.07) is -0.633. The van der Waals surface area contributed by atoms with Crippen LogP contribution in [0.2, 0.25) is 0 Å². The number of amides is 3. The number of carbonyl (C=O) groups is 3. The second kappa shape index (κ2) is 8.00. The minimum absolute atomic E-state index is 0.00605. The molecule has 0 aromatic heterocycles. The van der Waals surface area contributed by atoms with Crippen molar-refractivity contribution in [3.63, 3.8) is 0 Å². The van der Waals surface area contributed by atoms with Crippen LogP contribution in [-0.4, -0.2) is 53.1 Å². The highest BCUT2D eigenvalue weighted by molar-refractivity contribution is 5.87. The van der Waals surface area contributed by atoms with E-state index < -0.39 is 18.0 Å². The van der Waals surface area contributed by atoms with Gasteiger partial charge in [0, 0.05) is 19.1 Å². The molecule has 0 aromatic rings. The molecule has 0 bridgehead atoms. The van der Waals surface area contributed by atoms with Crippen LogP contribution in [0.3, 0.4) is 0 Å². The van der Waals surface area contributed by atoms with Crippen LogP contribution < -0.4 is 10.6 Å². The molecule has 3 N–H and O–H groups in total. The van der Waals surface area contributed by atoms with Gasteiger partial charge >= 0.3 is 12.0 Å². The Hall–Kier alpha value is -1.79. The molecular formula is C15H25N3O4. The van der Waals surface area contributed by atoms with Crippen LogP contribution in [0.5, 0.6) is 0 Å². The van der Waals surface area contributed by atoms with Crippen molar-refractivity contribution >= 4 is 17.9 Å². The third-order valence-corrected chi connectivity index (χ3v) is 4.42. The van der Waals surface area contributed by atoms with E-state index in [1.807, 2.05) is 4.90 Å². The third kappa shape index (κ3) is 4.61. The third-order valence-electron chi connectivity index (χ3n) is 4.42. The number of nitrogens with one attached hydrogen (secondary N) is 2. The van der Waals surface area contributed by atoms with Crippen molar-refractivity contribution in [2.24, 2.45) is 0 Å². The van der Waals surface area contributed by atoms with Gasteiger partial charge in [0.2, 0.25) is 5.91 Å². The van der Waals surface area contributed by atoms with E-state index in [9.17, 15) is 14.4 Å². The number of carboxylic acid groups (broad SMARTS) is 1. The van der Waals surface area contributed by atoms with Crippen molar-refractivity contribution in [3.8, 4) is 0 Å². The first-order valence-electron chi connectivity index (χ1n) is 8.14. The molecule has 1 heterocycles. The zero-order chi connectivity index (χ0) is 15.9. The molecule has 0 radical (unpaired) electrons. The van der Waals surface area contributed by atoms with Crippen molar-refractivity contribution in [3.05, 3.63) is 0 Å². The largest absolute Gasteiger partial charge is 0.481 e. The minimum atomic E-state index is -0.961. The fourth-order valence-electron chi connectivity index (χ4n) is 3.28. The molecule has 3 amide bonds. The Bertz CT molecular complexity index is 421. The first kappa shape index (κ1) is 16.6. The van der Waals surface area contributed by atoms with Gasteiger partial charge in [0.15, 0.2) is 0 Å². The van der Waals surface area contributed by atoms with Gasteiger partial charge in [-0.1, -0.05) is 19.3 Å². The maximum atomic E-state index is 12.5. The molecule has 1 aliphatic heterocycles. The Morgan fingerprint density at radius 3 is 2.55 bits per heavy atom. The quantitative estimate of drug-likeness (QED) is 0.707. The Labute approximate surface area is 130 Å². The average molecular weight is 311 g/mol. The van der Waals surface area contributed by atoms with Gasteiger partial charge in [0.05, 0.1) is 6.42 Å². The van der Waals surface area contributed by atoms with Gasteiger partial charge in [0.25, 0.3) is 0 Å². The van der Waals surface area contributed by atoms with Gasteiger partial charge in [-0.15, -0.1) is 0 Å². The van der Waals surface area contributed by atoms with Gasteiger partial charge in [-0.05, 0) is 25.7 Å². The van der Waals surface area contributed by atoms with Gasteiger partial charge in [-0.3, -0.25) is 9.59 Å². The number of hydrogen-bond donors (Lipinski definition) is 3. The fourth-order valence-corrected chi connectivity index (χ4v) is 3.28. The Kier molecular flexibility index (Phi) is 6.03. The highest BCUT2D eigenvalue weighted by Crippen LogP contribution is 2.25. The lowest BCUT2D eigenvalue weighted by molar-refractivity contribution is -0.139. The van der Waals surface area contributed by atoms with E-state index in [-0.39, 0.29) is 18.9 Å². The van der Waals surface area contributed by atoms with Crippen LogP contribution in [-0.2, 0) is 9.59 Å². The molecule has 1 saturated heterocycles. The minimum Gasteiger partial charge on any atom is -0.481 e. The number of rotatable bonds is 5. The molecule has 2 fully saturated rings. The normalized spacial score (nSPS) is 23.2. The van der Waals surface area contributed by atoms with Crippen LogP contribution in [0.25, 0.3) is 0 Å². The monoisotopic (exact) mass is 311 g/mol. The fraction of sp³-hybridized carbons (Fsp3) is 0.800. The van der Waals surface area contributed by atoms with Crippen LogP contribution in [0.1, 0.15) is 51.4 Å². The van der Waals surface area contributed by atoms with E-state index in [2.05, 4.69) is 10.6 Å². The van der Waals surface area contributed by atoms with Crippen LogP contribution in [0.15, 0.2) is 0 Å². The Morgan fingerprint density at radius 2 is 1.86 bits per heavy atom. The molecule has 124 valence electrons. The van der Waals surface area contributed by atoms with E-state index in [1.54, 1.807) is 0 Å². The van der Waals surface area contributed by atoms with E-state index in [0.29, 0.717) is 12.5 Å². The standard InChI is InChI=1S/C15H25N3O4/c19-13(20)8-9-16-15(22)17-12-7-4-10-18(14(12)21)11-5-2-1-3-6-11/h11-12H,1-10H2,(H,19,20)(H2,16,17,22). The smallest absolute Gasteiger partial charge is 0.315 e. The topological polar surface area (TPSA) is 98.7 Å². The van der Waals surface area contributed by atoms with Gasteiger partial charge in [-0.25, -0.2) is 4.79 Å². The van der Waals surface area contributed by atoms with Gasteiger partial charge in [0.1, 0.15) is 6.04 Å². The summed E-state index contributed by atoms with van der Waals surface area (Å²) in [5.41, 5.74) is 0. The molecule has 2 rings (SSSR count). The maximum Gasteiger partial charge on any atom is 0.315 e. The molecule has 22 heavy (non-hydrogen) atoms. The first-order chi connectivity index (χ1) is 10.6. The second-order valence-electron chi connectivity index (χ2n) is 6.06. The van der Waals surface area contributed by atoms with Crippen molar-refractivity contribution in [2.45, 2.75) is 63.5 Å². The number of nitrogens with zero attached hydrogens (tertiary/aromatic N) is 1. The molecule has 0 spiro atoms. The molecule has 7 heteroatoms. The molecule has 1 saturated carbocycles. The summed E-state index contributed by atoms with van der Waals surface area (Å²) in [7, 11) is 0. The van der Waals surface area contributed by atoms with E-state index >= 15 is 0 Å². The maximum absolute atomic E-state index is 12.5. The average Bonchev–Trinajstić information content (AvgIpc) is 2.50. The molecule has 1 atom stereocenters. The van der Waals surface area contributed by atoms with Crippen LogP contribution in [0, 0.1) is 0 Å². The zero-order valence-electron chi connectivity index (χ0n) is 12.8. The number of carbonyl (C=O) groups excluding carboxylic acids is 2. The number of likely N-dealkylation sites (tertiary alicyclic amines) is 1. The SMILES string of the molecule is O=C(O)CCNC(=O)NC1CCCN(C2CCCCC2)C1=O. The van der Waals surface area contributed by atoms with E-state index in [1.165, 1.54) is 19.3 Å². The summed E-state index contributed by atoms with van der Waals surface area (Å²) >= 11 is 0. The predicted octanol–water partition coefficient (Wildman–Crippen LogP) is 1.08. The molecule has 0 aromatic carbocycles. The van der Waals surface area contributed by atoms with E-state index in [0.717, 1.165) is 25.8 Å².